The van der Waals surface area contributed by atoms with Crippen LogP contribution in [0.15, 0.2) is 41.3 Å². The summed E-state index contributed by atoms with van der Waals surface area (Å²) in [7, 11) is 8.62. The predicted molar refractivity (Wildman–Crippen MR) is 123 cm³/mol. The first-order valence-corrected chi connectivity index (χ1v) is 9.97. The monoisotopic (exact) mass is 430 g/mol. The van der Waals surface area contributed by atoms with E-state index >= 15 is 0 Å². The van der Waals surface area contributed by atoms with E-state index in [0.29, 0.717) is 32.0 Å². The van der Waals surface area contributed by atoms with Crippen molar-refractivity contribution in [1.29, 1.82) is 0 Å². The largest absolute Gasteiger partial charge is 0.496 e. The third kappa shape index (κ3) is 4.18. The maximum absolute atomic E-state index is 13.1. The lowest BCUT2D eigenvalue weighted by atomic mass is 10.1. The number of carbonyl (C=O) groups is 1. The zero-order valence-electron chi connectivity index (χ0n) is 16.9. The molecule has 1 aliphatic rings. The van der Waals surface area contributed by atoms with E-state index in [9.17, 15) is 4.79 Å². The summed E-state index contributed by atoms with van der Waals surface area (Å²) in [5.74, 6) is 1.50. The Balaban J connectivity index is 1.96. The molecule has 1 fully saturated rings. The molecule has 1 amide bonds. The SMILES string of the molecule is COc1cc(OC)c(OC)cc1/C=C1/SC(=S)N(c2ccc(N(C)C)cc2)C1=O. The van der Waals surface area contributed by atoms with Crippen LogP contribution >= 0.6 is 24.0 Å². The minimum atomic E-state index is -0.172. The van der Waals surface area contributed by atoms with E-state index in [-0.39, 0.29) is 5.91 Å². The van der Waals surface area contributed by atoms with Crippen molar-refractivity contribution in [3.63, 3.8) is 0 Å². The van der Waals surface area contributed by atoms with Gasteiger partial charge in [0, 0.05) is 31.4 Å². The minimum Gasteiger partial charge on any atom is -0.496 e. The van der Waals surface area contributed by atoms with Crippen molar-refractivity contribution >= 4 is 51.7 Å². The molecular weight excluding hydrogens is 408 g/mol. The second-order valence-corrected chi connectivity index (χ2v) is 8.05. The van der Waals surface area contributed by atoms with Crippen molar-refractivity contribution in [2.75, 3.05) is 45.2 Å². The number of benzene rings is 2. The number of amides is 1. The van der Waals surface area contributed by atoms with Crippen LogP contribution in [-0.2, 0) is 4.79 Å². The van der Waals surface area contributed by atoms with Crippen molar-refractivity contribution in [2.24, 2.45) is 0 Å². The molecule has 2 aromatic rings. The molecule has 0 N–H and O–H groups in total. The molecule has 1 heterocycles. The van der Waals surface area contributed by atoms with Crippen LogP contribution in [0.2, 0.25) is 0 Å². The molecule has 6 nitrogen and oxygen atoms in total. The van der Waals surface area contributed by atoms with Gasteiger partial charge in [0.25, 0.3) is 5.91 Å². The lowest BCUT2D eigenvalue weighted by Gasteiger charge is -2.17. The lowest BCUT2D eigenvalue weighted by molar-refractivity contribution is -0.113. The number of thiocarbonyl (C=S) groups is 1. The van der Waals surface area contributed by atoms with Gasteiger partial charge in [-0.1, -0.05) is 24.0 Å². The summed E-state index contributed by atoms with van der Waals surface area (Å²) in [6.07, 6.45) is 1.76. The molecule has 29 heavy (non-hydrogen) atoms. The van der Waals surface area contributed by atoms with Gasteiger partial charge in [-0.2, -0.15) is 0 Å². The predicted octanol–water partition coefficient (Wildman–Crippen LogP) is 4.18. The third-order valence-corrected chi connectivity index (χ3v) is 5.74. The molecular formula is C21H22N2O4S2. The maximum atomic E-state index is 13.1. The normalized spacial score (nSPS) is 15.1. The molecule has 0 aromatic heterocycles. The van der Waals surface area contributed by atoms with Crippen LogP contribution in [0, 0.1) is 0 Å². The highest BCUT2D eigenvalue weighted by Gasteiger charge is 2.33. The van der Waals surface area contributed by atoms with E-state index in [1.165, 1.54) is 11.8 Å². The highest BCUT2D eigenvalue weighted by Crippen LogP contribution is 2.40. The highest BCUT2D eigenvalue weighted by atomic mass is 32.2. The van der Waals surface area contributed by atoms with Crippen molar-refractivity contribution < 1.29 is 19.0 Å². The van der Waals surface area contributed by atoms with E-state index in [2.05, 4.69) is 0 Å². The number of rotatable bonds is 6. The second kappa shape index (κ2) is 8.75. The van der Waals surface area contributed by atoms with E-state index in [1.807, 2.05) is 43.3 Å². The van der Waals surface area contributed by atoms with Crippen molar-refractivity contribution in [1.82, 2.24) is 0 Å². The third-order valence-electron chi connectivity index (χ3n) is 4.44. The quantitative estimate of drug-likeness (QED) is 0.503. The molecule has 2 aromatic carbocycles. The summed E-state index contributed by atoms with van der Waals surface area (Å²) in [5.41, 5.74) is 2.49. The van der Waals surface area contributed by atoms with E-state index in [1.54, 1.807) is 44.4 Å². The Hall–Kier alpha value is -2.71. The van der Waals surface area contributed by atoms with Crippen LogP contribution in [0.1, 0.15) is 5.56 Å². The number of hydrogen-bond acceptors (Lipinski definition) is 7. The number of hydrogen-bond donors (Lipinski definition) is 0. The molecule has 3 rings (SSSR count). The smallest absolute Gasteiger partial charge is 0.270 e. The zero-order valence-corrected chi connectivity index (χ0v) is 18.5. The summed E-state index contributed by atoms with van der Waals surface area (Å²) in [4.78, 5) is 17.1. The summed E-state index contributed by atoms with van der Waals surface area (Å²) in [6, 6.07) is 11.2. The van der Waals surface area contributed by atoms with Gasteiger partial charge >= 0.3 is 0 Å². The van der Waals surface area contributed by atoms with E-state index in [4.69, 9.17) is 26.4 Å². The first-order valence-electron chi connectivity index (χ1n) is 8.75. The van der Waals surface area contributed by atoms with Gasteiger partial charge in [0.05, 0.1) is 31.9 Å². The molecule has 0 atom stereocenters. The highest BCUT2D eigenvalue weighted by molar-refractivity contribution is 8.27. The molecule has 8 heteroatoms. The Labute approximate surface area is 180 Å². The fraction of sp³-hybridized carbons (Fsp3) is 0.238. The molecule has 0 spiro atoms. The Bertz CT molecular complexity index is 971. The lowest BCUT2D eigenvalue weighted by Crippen LogP contribution is -2.27. The first-order chi connectivity index (χ1) is 13.9. The number of thioether (sulfide) groups is 1. The molecule has 0 aliphatic carbocycles. The maximum Gasteiger partial charge on any atom is 0.270 e. The van der Waals surface area contributed by atoms with Gasteiger partial charge < -0.3 is 19.1 Å². The average molecular weight is 431 g/mol. The fourth-order valence-electron chi connectivity index (χ4n) is 2.90. The molecule has 1 saturated heterocycles. The molecule has 0 radical (unpaired) electrons. The Morgan fingerprint density at radius 3 is 2.10 bits per heavy atom. The van der Waals surface area contributed by atoms with Gasteiger partial charge in [-0.15, -0.1) is 0 Å². The van der Waals surface area contributed by atoms with Crippen LogP contribution < -0.4 is 24.0 Å². The van der Waals surface area contributed by atoms with Crippen LogP contribution in [0.3, 0.4) is 0 Å². The van der Waals surface area contributed by atoms with E-state index in [0.717, 1.165) is 11.4 Å². The van der Waals surface area contributed by atoms with Crippen molar-refractivity contribution in [3.05, 3.63) is 46.9 Å². The van der Waals surface area contributed by atoms with Gasteiger partial charge in [0.15, 0.2) is 15.8 Å². The molecule has 0 unspecified atom stereocenters. The van der Waals surface area contributed by atoms with Crippen LogP contribution in [0.5, 0.6) is 17.2 Å². The summed E-state index contributed by atoms with van der Waals surface area (Å²) in [6.45, 7) is 0. The number of nitrogens with zero attached hydrogens (tertiary/aromatic N) is 2. The van der Waals surface area contributed by atoms with Crippen LogP contribution in [0.4, 0.5) is 11.4 Å². The second-order valence-electron chi connectivity index (χ2n) is 6.38. The summed E-state index contributed by atoms with van der Waals surface area (Å²) < 4.78 is 16.6. The molecule has 152 valence electrons. The van der Waals surface area contributed by atoms with Gasteiger partial charge in [-0.25, -0.2) is 0 Å². The number of ether oxygens (including phenoxy) is 3. The Morgan fingerprint density at radius 2 is 1.55 bits per heavy atom. The number of anilines is 2. The average Bonchev–Trinajstić information content (AvgIpc) is 3.00. The van der Waals surface area contributed by atoms with Crippen LogP contribution in [-0.4, -0.2) is 45.7 Å². The van der Waals surface area contributed by atoms with Crippen molar-refractivity contribution in [3.8, 4) is 17.2 Å². The molecule has 0 bridgehead atoms. The Kier molecular flexibility index (Phi) is 6.34. The first kappa shape index (κ1) is 21.0. The summed E-state index contributed by atoms with van der Waals surface area (Å²) >= 11 is 6.72. The number of methoxy groups -OCH3 is 3. The summed E-state index contributed by atoms with van der Waals surface area (Å²) in [5, 5.41) is 0. The van der Waals surface area contributed by atoms with Gasteiger partial charge in [-0.05, 0) is 36.4 Å². The van der Waals surface area contributed by atoms with Crippen LogP contribution in [0.25, 0.3) is 6.08 Å². The van der Waals surface area contributed by atoms with Gasteiger partial charge in [-0.3, -0.25) is 9.69 Å². The minimum absolute atomic E-state index is 0.172. The molecule has 0 saturated carbocycles. The molecule has 1 aliphatic heterocycles. The van der Waals surface area contributed by atoms with Crippen molar-refractivity contribution in [2.45, 2.75) is 0 Å². The van der Waals surface area contributed by atoms with E-state index < -0.39 is 0 Å². The Morgan fingerprint density at radius 1 is 0.966 bits per heavy atom. The number of carbonyl (C=O) groups excluding carboxylic acids is 1. The standard InChI is InChI=1S/C21H22N2O4S2/c1-22(2)14-6-8-15(9-7-14)23-20(24)19(29-21(23)28)11-13-10-17(26-4)18(27-5)12-16(13)25-3/h6-12H,1-5H3/b19-11+. The topological polar surface area (TPSA) is 51.2 Å². The fourth-order valence-corrected chi connectivity index (χ4v) is 4.19. The van der Waals surface area contributed by atoms with Gasteiger partial charge in [0.2, 0.25) is 0 Å². The van der Waals surface area contributed by atoms with Gasteiger partial charge in [0.1, 0.15) is 5.75 Å². The zero-order chi connectivity index (χ0) is 21.1.